The molecule has 0 saturated heterocycles. The van der Waals surface area contributed by atoms with Gasteiger partial charge in [-0.1, -0.05) is 19.1 Å². The molecule has 1 unspecified atom stereocenters. The van der Waals surface area contributed by atoms with E-state index in [0.29, 0.717) is 12.0 Å². The van der Waals surface area contributed by atoms with E-state index in [0.717, 1.165) is 10.0 Å². The van der Waals surface area contributed by atoms with Crippen molar-refractivity contribution in [3.05, 3.63) is 33.8 Å². The van der Waals surface area contributed by atoms with Gasteiger partial charge < -0.3 is 5.32 Å². The van der Waals surface area contributed by atoms with Crippen LogP contribution in [0.2, 0.25) is 0 Å². The number of nitrogens with one attached hydrogen (secondary N) is 1. The summed E-state index contributed by atoms with van der Waals surface area (Å²) in [4.78, 5) is 11.9. The van der Waals surface area contributed by atoms with Crippen molar-refractivity contribution in [3.63, 3.8) is 0 Å². The Morgan fingerprint density at radius 3 is 2.88 bits per heavy atom. The Morgan fingerprint density at radius 2 is 2.31 bits per heavy atom. The first-order chi connectivity index (χ1) is 7.60. The number of hydrogen-bond acceptors (Lipinski definition) is 2. The van der Waals surface area contributed by atoms with Crippen molar-refractivity contribution in [1.82, 2.24) is 5.32 Å². The molecule has 0 bridgehead atoms. The summed E-state index contributed by atoms with van der Waals surface area (Å²) in [6.07, 6.45) is 0.603. The zero-order valence-corrected chi connectivity index (χ0v) is 10.8. The minimum Gasteiger partial charge on any atom is -0.336 e. The first-order valence-corrected chi connectivity index (χ1v) is 5.85. The van der Waals surface area contributed by atoms with Crippen LogP contribution in [0.4, 0.5) is 0 Å². The van der Waals surface area contributed by atoms with Gasteiger partial charge >= 0.3 is 0 Å². The predicted octanol–water partition coefficient (Wildman–Crippen LogP) is 2.79. The third-order valence-electron chi connectivity index (χ3n) is 2.31. The Hall–Kier alpha value is -1.34. The Morgan fingerprint density at radius 1 is 1.62 bits per heavy atom. The Balaban J connectivity index is 2.90. The molecule has 0 heterocycles. The number of carbonyl (C=O) groups is 1. The van der Waals surface area contributed by atoms with Gasteiger partial charge in [0.2, 0.25) is 0 Å². The van der Waals surface area contributed by atoms with E-state index >= 15 is 0 Å². The van der Waals surface area contributed by atoms with Crippen LogP contribution in [0.5, 0.6) is 0 Å². The predicted molar refractivity (Wildman–Crippen MR) is 66.0 cm³/mol. The van der Waals surface area contributed by atoms with Crippen LogP contribution in [0, 0.1) is 18.3 Å². The second-order valence-corrected chi connectivity index (χ2v) is 4.29. The Labute approximate surface area is 104 Å². The van der Waals surface area contributed by atoms with Crippen molar-refractivity contribution in [3.8, 4) is 6.07 Å². The van der Waals surface area contributed by atoms with Gasteiger partial charge in [0.1, 0.15) is 6.04 Å². The van der Waals surface area contributed by atoms with Gasteiger partial charge in [-0.25, -0.2) is 0 Å². The van der Waals surface area contributed by atoms with Gasteiger partial charge in [0, 0.05) is 4.47 Å². The summed E-state index contributed by atoms with van der Waals surface area (Å²) in [5.74, 6) is -0.219. The van der Waals surface area contributed by atoms with Crippen molar-refractivity contribution < 1.29 is 4.79 Å². The number of carbonyl (C=O) groups excluding carboxylic acids is 1. The maximum absolute atomic E-state index is 11.9. The second kappa shape index (κ2) is 5.66. The van der Waals surface area contributed by atoms with Crippen LogP contribution in [0.1, 0.15) is 29.3 Å². The van der Waals surface area contributed by atoms with E-state index in [1.807, 2.05) is 32.0 Å². The minimum absolute atomic E-state index is 0.219. The van der Waals surface area contributed by atoms with Crippen LogP contribution in [0.3, 0.4) is 0 Å². The molecule has 84 valence electrons. The highest BCUT2D eigenvalue weighted by Gasteiger charge is 2.14. The first-order valence-electron chi connectivity index (χ1n) is 5.05. The van der Waals surface area contributed by atoms with E-state index in [9.17, 15) is 4.79 Å². The zero-order chi connectivity index (χ0) is 12.1. The van der Waals surface area contributed by atoms with Gasteiger partial charge in [0.05, 0.1) is 11.6 Å². The number of halogens is 1. The van der Waals surface area contributed by atoms with Crippen molar-refractivity contribution in [2.45, 2.75) is 26.3 Å². The lowest BCUT2D eigenvalue weighted by Crippen LogP contribution is -2.33. The van der Waals surface area contributed by atoms with Crippen LogP contribution in [0.15, 0.2) is 22.7 Å². The molecule has 0 fully saturated rings. The number of nitriles is 1. The summed E-state index contributed by atoms with van der Waals surface area (Å²) in [5, 5.41) is 11.4. The van der Waals surface area contributed by atoms with Gasteiger partial charge in [0.15, 0.2) is 0 Å². The monoisotopic (exact) mass is 280 g/mol. The number of rotatable bonds is 3. The van der Waals surface area contributed by atoms with Crippen molar-refractivity contribution in [2.75, 3.05) is 0 Å². The minimum atomic E-state index is -0.431. The molecule has 0 radical (unpaired) electrons. The summed E-state index contributed by atoms with van der Waals surface area (Å²) >= 11 is 3.37. The fraction of sp³-hybridized carbons (Fsp3) is 0.333. The van der Waals surface area contributed by atoms with Crippen molar-refractivity contribution in [1.29, 1.82) is 5.26 Å². The lowest BCUT2D eigenvalue weighted by Gasteiger charge is -2.11. The number of amides is 1. The molecular weight excluding hydrogens is 268 g/mol. The fourth-order valence-corrected chi connectivity index (χ4v) is 1.73. The lowest BCUT2D eigenvalue weighted by molar-refractivity contribution is 0.0944. The van der Waals surface area contributed by atoms with E-state index in [-0.39, 0.29) is 5.91 Å². The molecule has 16 heavy (non-hydrogen) atoms. The van der Waals surface area contributed by atoms with Crippen LogP contribution >= 0.6 is 15.9 Å². The van der Waals surface area contributed by atoms with Gasteiger partial charge in [-0.15, -0.1) is 0 Å². The molecule has 0 spiro atoms. The second-order valence-electron chi connectivity index (χ2n) is 3.50. The molecule has 1 aromatic carbocycles. The van der Waals surface area contributed by atoms with Gasteiger partial charge in [-0.3, -0.25) is 4.79 Å². The molecular formula is C12H13BrN2O. The number of nitrogens with zero attached hydrogens (tertiary/aromatic N) is 1. The van der Waals surface area contributed by atoms with E-state index in [4.69, 9.17) is 5.26 Å². The van der Waals surface area contributed by atoms with E-state index in [1.165, 1.54) is 0 Å². The molecule has 1 rings (SSSR count). The summed E-state index contributed by atoms with van der Waals surface area (Å²) in [7, 11) is 0. The maximum Gasteiger partial charge on any atom is 0.253 e. The standard InChI is InChI=1S/C12H13BrN2O/c1-3-9(7-14)15-12(16)10-6-4-5-8(2)11(10)13/h4-6,9H,3H2,1-2H3,(H,15,16). The van der Waals surface area contributed by atoms with E-state index in [2.05, 4.69) is 21.2 Å². The average Bonchev–Trinajstić information content (AvgIpc) is 2.29. The van der Waals surface area contributed by atoms with Gasteiger partial charge in [-0.05, 0) is 40.9 Å². The molecule has 0 aliphatic heterocycles. The quantitative estimate of drug-likeness (QED) is 0.926. The third-order valence-corrected chi connectivity index (χ3v) is 3.36. The SMILES string of the molecule is CCC(C#N)NC(=O)c1cccc(C)c1Br. The highest BCUT2D eigenvalue weighted by Crippen LogP contribution is 2.20. The highest BCUT2D eigenvalue weighted by atomic mass is 79.9. The van der Waals surface area contributed by atoms with E-state index < -0.39 is 6.04 Å². The molecule has 1 atom stereocenters. The smallest absolute Gasteiger partial charge is 0.253 e. The Bertz CT molecular complexity index is 437. The highest BCUT2D eigenvalue weighted by molar-refractivity contribution is 9.10. The normalized spacial score (nSPS) is 11.6. The summed E-state index contributed by atoms with van der Waals surface area (Å²) in [6, 6.07) is 7.08. The van der Waals surface area contributed by atoms with Crippen LogP contribution < -0.4 is 5.32 Å². The van der Waals surface area contributed by atoms with Crippen molar-refractivity contribution in [2.24, 2.45) is 0 Å². The molecule has 0 aliphatic carbocycles. The van der Waals surface area contributed by atoms with Crippen molar-refractivity contribution >= 4 is 21.8 Å². The molecule has 1 N–H and O–H groups in total. The number of hydrogen-bond donors (Lipinski definition) is 1. The topological polar surface area (TPSA) is 52.9 Å². The van der Waals surface area contributed by atoms with Crippen LogP contribution in [-0.4, -0.2) is 11.9 Å². The van der Waals surface area contributed by atoms with Gasteiger partial charge in [0.25, 0.3) is 5.91 Å². The zero-order valence-electron chi connectivity index (χ0n) is 9.25. The fourth-order valence-electron chi connectivity index (χ4n) is 1.28. The molecule has 1 aromatic rings. The molecule has 0 aromatic heterocycles. The van der Waals surface area contributed by atoms with Crippen LogP contribution in [-0.2, 0) is 0 Å². The van der Waals surface area contributed by atoms with Crippen LogP contribution in [0.25, 0.3) is 0 Å². The molecule has 4 heteroatoms. The van der Waals surface area contributed by atoms with E-state index in [1.54, 1.807) is 6.07 Å². The summed E-state index contributed by atoms with van der Waals surface area (Å²) < 4.78 is 0.778. The number of benzene rings is 1. The molecule has 0 aliphatic rings. The first kappa shape index (κ1) is 12.7. The molecule has 3 nitrogen and oxygen atoms in total. The summed E-state index contributed by atoms with van der Waals surface area (Å²) in [5.41, 5.74) is 1.56. The average molecular weight is 281 g/mol. The Kier molecular flexibility index (Phi) is 4.51. The summed E-state index contributed by atoms with van der Waals surface area (Å²) in [6.45, 7) is 3.78. The number of aryl methyl sites for hydroxylation is 1. The largest absolute Gasteiger partial charge is 0.336 e. The third kappa shape index (κ3) is 2.83. The maximum atomic E-state index is 11.9. The molecule has 1 amide bonds. The lowest BCUT2D eigenvalue weighted by atomic mass is 10.1. The van der Waals surface area contributed by atoms with Gasteiger partial charge in [-0.2, -0.15) is 5.26 Å². The molecule has 0 saturated carbocycles.